The van der Waals surface area contributed by atoms with E-state index in [2.05, 4.69) is 15.3 Å². The lowest BCUT2D eigenvalue weighted by Gasteiger charge is -2.08. The number of esters is 1. The summed E-state index contributed by atoms with van der Waals surface area (Å²) in [6, 6.07) is 5.44. The van der Waals surface area contributed by atoms with Crippen molar-refractivity contribution >= 4 is 17.4 Å². The molecule has 0 unspecified atom stereocenters. The van der Waals surface area contributed by atoms with E-state index in [4.69, 9.17) is 10.5 Å². The number of carbonyl (C=O) groups excluding carboxylic acids is 1. The molecule has 0 saturated carbocycles. The zero-order valence-corrected chi connectivity index (χ0v) is 10.2. The molecule has 0 aliphatic carbocycles. The molecule has 0 aromatic heterocycles. The van der Waals surface area contributed by atoms with Crippen LogP contribution in [0, 0.1) is 35.4 Å². The number of methoxy groups -OCH3 is 1. The SMILES string of the molecule is COC(=O)c1cc(F)c(C)c(NN=C(C#N)C#N)c1. The first kappa shape index (κ1) is 14.1. The van der Waals surface area contributed by atoms with Crippen LogP contribution in [0.1, 0.15) is 15.9 Å². The molecule has 0 aliphatic rings. The minimum atomic E-state index is -0.702. The van der Waals surface area contributed by atoms with Crippen LogP contribution in [0.4, 0.5) is 10.1 Å². The van der Waals surface area contributed by atoms with E-state index in [1.807, 2.05) is 0 Å². The van der Waals surface area contributed by atoms with E-state index in [9.17, 15) is 9.18 Å². The number of ether oxygens (including phenoxy) is 1. The number of rotatable bonds is 3. The summed E-state index contributed by atoms with van der Waals surface area (Å²) >= 11 is 0. The van der Waals surface area contributed by atoms with Gasteiger partial charge in [0.05, 0.1) is 18.4 Å². The fourth-order valence-corrected chi connectivity index (χ4v) is 1.22. The summed E-state index contributed by atoms with van der Waals surface area (Å²) in [6.07, 6.45) is 0. The Hall–Kier alpha value is -2.93. The van der Waals surface area contributed by atoms with Gasteiger partial charge in [0.25, 0.3) is 0 Å². The number of nitriles is 2. The highest BCUT2D eigenvalue weighted by Gasteiger charge is 2.12. The maximum atomic E-state index is 13.6. The van der Waals surface area contributed by atoms with Gasteiger partial charge < -0.3 is 4.74 Å². The zero-order chi connectivity index (χ0) is 14.4. The molecular weight excluding hydrogens is 251 g/mol. The van der Waals surface area contributed by atoms with Gasteiger partial charge in [-0.25, -0.2) is 9.18 Å². The molecule has 0 heterocycles. The molecule has 19 heavy (non-hydrogen) atoms. The molecular formula is C12H9FN4O2. The lowest BCUT2D eigenvalue weighted by atomic mass is 10.1. The fraction of sp³-hybridized carbons (Fsp3) is 0.167. The minimum Gasteiger partial charge on any atom is -0.465 e. The topological polar surface area (TPSA) is 98.3 Å². The molecule has 7 heteroatoms. The average molecular weight is 260 g/mol. The van der Waals surface area contributed by atoms with Gasteiger partial charge in [-0.15, -0.1) is 0 Å². The highest BCUT2D eigenvalue weighted by atomic mass is 19.1. The quantitative estimate of drug-likeness (QED) is 0.507. The van der Waals surface area contributed by atoms with Crippen LogP contribution in [0.3, 0.4) is 0 Å². The van der Waals surface area contributed by atoms with Crippen LogP contribution in [0.5, 0.6) is 0 Å². The summed E-state index contributed by atoms with van der Waals surface area (Å²) < 4.78 is 18.1. The maximum absolute atomic E-state index is 13.6. The van der Waals surface area contributed by atoms with Crippen molar-refractivity contribution in [3.63, 3.8) is 0 Å². The molecule has 1 aromatic rings. The van der Waals surface area contributed by atoms with Gasteiger partial charge in [-0.2, -0.15) is 15.6 Å². The largest absolute Gasteiger partial charge is 0.465 e. The van der Waals surface area contributed by atoms with E-state index in [-0.39, 0.29) is 16.8 Å². The highest BCUT2D eigenvalue weighted by Crippen LogP contribution is 2.21. The number of benzene rings is 1. The summed E-state index contributed by atoms with van der Waals surface area (Å²) in [7, 11) is 1.18. The van der Waals surface area contributed by atoms with Crippen LogP contribution in [0.15, 0.2) is 17.2 Å². The molecule has 1 N–H and O–H groups in total. The van der Waals surface area contributed by atoms with Crippen molar-refractivity contribution in [3.8, 4) is 12.1 Å². The molecule has 0 radical (unpaired) electrons. The Morgan fingerprint density at radius 3 is 2.58 bits per heavy atom. The molecule has 0 bridgehead atoms. The second-order valence-corrected chi connectivity index (χ2v) is 3.42. The summed E-state index contributed by atoms with van der Waals surface area (Å²) in [4.78, 5) is 11.3. The molecule has 0 amide bonds. The first-order valence-electron chi connectivity index (χ1n) is 5.05. The average Bonchev–Trinajstić information content (AvgIpc) is 2.43. The Morgan fingerprint density at radius 1 is 1.42 bits per heavy atom. The van der Waals surface area contributed by atoms with E-state index in [1.54, 1.807) is 12.1 Å². The number of hydrogen-bond acceptors (Lipinski definition) is 6. The first-order valence-corrected chi connectivity index (χ1v) is 5.05. The Bertz CT molecular complexity index is 610. The van der Waals surface area contributed by atoms with E-state index in [0.29, 0.717) is 0 Å². The predicted molar refractivity (Wildman–Crippen MR) is 64.8 cm³/mol. The number of hydrogen-bond donors (Lipinski definition) is 1. The summed E-state index contributed by atoms with van der Waals surface area (Å²) in [6.45, 7) is 1.46. The molecule has 1 rings (SSSR count). The van der Waals surface area contributed by atoms with Crippen molar-refractivity contribution < 1.29 is 13.9 Å². The number of nitrogens with one attached hydrogen (secondary N) is 1. The predicted octanol–water partition coefficient (Wildman–Crippen LogP) is 1.74. The van der Waals surface area contributed by atoms with Gasteiger partial charge >= 0.3 is 5.97 Å². The van der Waals surface area contributed by atoms with E-state index in [1.165, 1.54) is 20.1 Å². The minimum absolute atomic E-state index is 0.00114. The van der Waals surface area contributed by atoms with Crippen LogP contribution < -0.4 is 5.43 Å². The molecule has 0 aliphatic heterocycles. The Balaban J connectivity index is 3.18. The van der Waals surface area contributed by atoms with Gasteiger partial charge in [0.15, 0.2) is 0 Å². The number of nitrogens with zero attached hydrogens (tertiary/aromatic N) is 3. The number of hydrazone groups is 1. The Morgan fingerprint density at radius 2 is 2.05 bits per heavy atom. The molecule has 1 aromatic carbocycles. The molecule has 0 spiro atoms. The third-order valence-corrected chi connectivity index (χ3v) is 2.27. The number of carbonyl (C=O) groups is 1. The van der Waals surface area contributed by atoms with E-state index < -0.39 is 17.5 Å². The van der Waals surface area contributed by atoms with Gasteiger partial charge in [-0.3, -0.25) is 5.43 Å². The second kappa shape index (κ2) is 6.12. The van der Waals surface area contributed by atoms with Crippen molar-refractivity contribution in [1.82, 2.24) is 0 Å². The molecule has 0 fully saturated rings. The van der Waals surface area contributed by atoms with E-state index in [0.717, 1.165) is 6.07 Å². The van der Waals surface area contributed by atoms with Crippen molar-refractivity contribution in [1.29, 1.82) is 10.5 Å². The van der Waals surface area contributed by atoms with Crippen molar-refractivity contribution in [2.75, 3.05) is 12.5 Å². The third kappa shape index (κ3) is 3.27. The maximum Gasteiger partial charge on any atom is 0.338 e. The lowest BCUT2D eigenvalue weighted by Crippen LogP contribution is -2.05. The summed E-state index contributed by atoms with van der Waals surface area (Å²) in [5.74, 6) is -1.33. The lowest BCUT2D eigenvalue weighted by molar-refractivity contribution is 0.0600. The first-order chi connectivity index (χ1) is 9.03. The molecule has 0 atom stereocenters. The van der Waals surface area contributed by atoms with Gasteiger partial charge in [-0.05, 0) is 19.1 Å². The van der Waals surface area contributed by atoms with Crippen molar-refractivity contribution in [3.05, 3.63) is 29.1 Å². The van der Waals surface area contributed by atoms with E-state index >= 15 is 0 Å². The highest BCUT2D eigenvalue weighted by molar-refractivity contribution is 6.10. The third-order valence-electron chi connectivity index (χ3n) is 2.27. The van der Waals surface area contributed by atoms with Crippen molar-refractivity contribution in [2.45, 2.75) is 6.92 Å². The smallest absolute Gasteiger partial charge is 0.338 e. The Kier molecular flexibility index (Phi) is 4.56. The summed E-state index contributed by atoms with van der Waals surface area (Å²) in [5, 5.41) is 20.5. The van der Waals surface area contributed by atoms with Gasteiger partial charge in [0.1, 0.15) is 18.0 Å². The van der Waals surface area contributed by atoms with Gasteiger partial charge in [0.2, 0.25) is 5.71 Å². The molecule has 96 valence electrons. The number of halogens is 1. The molecule has 0 saturated heterocycles. The zero-order valence-electron chi connectivity index (χ0n) is 10.2. The number of anilines is 1. The van der Waals surface area contributed by atoms with Crippen LogP contribution in [0.2, 0.25) is 0 Å². The van der Waals surface area contributed by atoms with Gasteiger partial charge in [-0.1, -0.05) is 0 Å². The Labute approximate surface area is 108 Å². The van der Waals surface area contributed by atoms with Crippen molar-refractivity contribution in [2.24, 2.45) is 5.10 Å². The van der Waals surface area contributed by atoms with Crippen LogP contribution in [0.25, 0.3) is 0 Å². The van der Waals surface area contributed by atoms with Crippen LogP contribution >= 0.6 is 0 Å². The normalized spacial score (nSPS) is 8.89. The van der Waals surface area contributed by atoms with Crippen LogP contribution in [-0.2, 0) is 4.74 Å². The molecule has 6 nitrogen and oxygen atoms in total. The second-order valence-electron chi connectivity index (χ2n) is 3.42. The standard InChI is InChI=1S/C12H9FN4O2/c1-7-10(13)3-8(12(18)19-2)4-11(7)17-16-9(5-14)6-15/h3-4,17H,1-2H3. The fourth-order valence-electron chi connectivity index (χ4n) is 1.22. The van der Waals surface area contributed by atoms with Gasteiger partial charge in [0, 0.05) is 5.56 Å². The van der Waals surface area contributed by atoms with Crippen LogP contribution in [-0.4, -0.2) is 18.8 Å². The summed E-state index contributed by atoms with van der Waals surface area (Å²) in [5.41, 5.74) is 2.33. The monoisotopic (exact) mass is 260 g/mol.